The van der Waals surface area contributed by atoms with Gasteiger partial charge in [-0.15, -0.1) is 0 Å². The van der Waals surface area contributed by atoms with Gasteiger partial charge in [-0.25, -0.2) is 19.2 Å². The first-order valence-electron chi connectivity index (χ1n) is 16.7. The number of esters is 4. The lowest BCUT2D eigenvalue weighted by atomic mass is 9.88. The first-order chi connectivity index (χ1) is 25.6. The third kappa shape index (κ3) is 9.76. The molecular formula is C41H37NO11. The molecule has 0 fully saturated rings. The molecule has 0 saturated carbocycles. The van der Waals surface area contributed by atoms with Gasteiger partial charge in [-0.3, -0.25) is 4.79 Å². The molecule has 12 nitrogen and oxygen atoms in total. The van der Waals surface area contributed by atoms with Gasteiger partial charge in [0.25, 0.3) is 0 Å². The van der Waals surface area contributed by atoms with Crippen LogP contribution in [0.25, 0.3) is 0 Å². The van der Waals surface area contributed by atoms with E-state index in [-0.39, 0.29) is 30.3 Å². The van der Waals surface area contributed by atoms with Gasteiger partial charge in [0.1, 0.15) is 28.5 Å². The van der Waals surface area contributed by atoms with Gasteiger partial charge in [0, 0.05) is 36.2 Å². The molecule has 1 N–H and O–H groups in total. The van der Waals surface area contributed by atoms with Crippen LogP contribution in [0, 0.1) is 0 Å². The van der Waals surface area contributed by atoms with Crippen molar-refractivity contribution in [1.82, 2.24) is 0 Å². The van der Waals surface area contributed by atoms with Crippen LogP contribution >= 0.6 is 0 Å². The molecule has 12 heteroatoms. The largest absolute Gasteiger partial charge is 0.493 e. The second-order valence-electron chi connectivity index (χ2n) is 11.8. The summed E-state index contributed by atoms with van der Waals surface area (Å²) in [6, 6.07) is 24.3. The van der Waals surface area contributed by atoms with Crippen LogP contribution in [0.5, 0.6) is 23.0 Å². The quantitative estimate of drug-likeness (QED) is 0.0539. The number of ether oxygens (including phenoxy) is 6. The molecule has 0 saturated heterocycles. The van der Waals surface area contributed by atoms with Gasteiger partial charge in [0.15, 0.2) is 5.78 Å². The van der Waals surface area contributed by atoms with Gasteiger partial charge in [-0.05, 0) is 91.3 Å². The number of benzene rings is 4. The van der Waals surface area contributed by atoms with Crippen molar-refractivity contribution in [2.24, 2.45) is 0 Å². The Morgan fingerprint density at radius 1 is 0.623 bits per heavy atom. The van der Waals surface area contributed by atoms with Crippen LogP contribution in [0.2, 0.25) is 0 Å². The van der Waals surface area contributed by atoms with E-state index in [1.165, 1.54) is 6.07 Å². The molecule has 1 atom stereocenters. The highest BCUT2D eigenvalue weighted by Gasteiger charge is 2.43. The molecule has 1 aliphatic heterocycles. The van der Waals surface area contributed by atoms with E-state index in [2.05, 4.69) is 18.5 Å². The lowest BCUT2D eigenvalue weighted by Crippen LogP contribution is -2.34. The van der Waals surface area contributed by atoms with Crippen molar-refractivity contribution in [3.05, 3.63) is 139 Å². The van der Waals surface area contributed by atoms with E-state index in [1.807, 2.05) is 0 Å². The molecule has 0 bridgehead atoms. The molecule has 1 aliphatic rings. The van der Waals surface area contributed by atoms with Crippen LogP contribution < -0.4 is 24.3 Å². The smallest absolute Gasteiger partial charge is 0.343 e. The zero-order chi connectivity index (χ0) is 37.8. The highest BCUT2D eigenvalue weighted by atomic mass is 16.5. The van der Waals surface area contributed by atoms with Crippen LogP contribution in [-0.2, 0) is 24.6 Å². The maximum atomic E-state index is 13.7. The fourth-order valence-electron chi connectivity index (χ4n) is 5.21. The average molecular weight is 720 g/mol. The molecule has 5 rings (SSSR count). The fourth-order valence-corrected chi connectivity index (χ4v) is 5.21. The molecule has 4 aromatic carbocycles. The Balaban J connectivity index is 1.12. The van der Waals surface area contributed by atoms with E-state index in [0.29, 0.717) is 65.7 Å². The van der Waals surface area contributed by atoms with Gasteiger partial charge in [0.05, 0.1) is 37.6 Å². The summed E-state index contributed by atoms with van der Waals surface area (Å²) in [6.07, 6.45) is 3.18. The number of rotatable bonds is 17. The van der Waals surface area contributed by atoms with Crippen molar-refractivity contribution in [1.29, 1.82) is 0 Å². The first kappa shape index (κ1) is 37.6. The van der Waals surface area contributed by atoms with E-state index in [4.69, 9.17) is 28.4 Å². The molecule has 272 valence electrons. The average Bonchev–Trinajstić information content (AvgIpc) is 3.44. The van der Waals surface area contributed by atoms with Gasteiger partial charge in [0.2, 0.25) is 0 Å². The van der Waals surface area contributed by atoms with Crippen molar-refractivity contribution < 1.29 is 52.4 Å². The molecule has 0 amide bonds. The monoisotopic (exact) mass is 719 g/mol. The number of anilines is 1. The zero-order valence-corrected chi connectivity index (χ0v) is 29.0. The normalized spacial score (nSPS) is 14.2. The molecule has 53 heavy (non-hydrogen) atoms. The first-order valence-corrected chi connectivity index (χ1v) is 16.7. The number of carbonyl (C=O) groups excluding carboxylic acids is 5. The third-order valence-electron chi connectivity index (χ3n) is 8.04. The Kier molecular flexibility index (Phi) is 12.4. The predicted octanol–water partition coefficient (Wildman–Crippen LogP) is 6.64. The number of hydrogen-bond acceptors (Lipinski definition) is 12. The van der Waals surface area contributed by atoms with Crippen LogP contribution in [0.1, 0.15) is 56.4 Å². The van der Waals surface area contributed by atoms with E-state index >= 15 is 0 Å². The summed E-state index contributed by atoms with van der Waals surface area (Å²) in [6.45, 7) is 9.47. The number of fused-ring (bicyclic) bond motifs is 1. The molecule has 1 unspecified atom stereocenters. The van der Waals surface area contributed by atoms with Crippen molar-refractivity contribution in [3.63, 3.8) is 0 Å². The number of Topliss-reactive ketones (excluding diaryl/α,β-unsaturated/α-hetero) is 1. The molecule has 1 heterocycles. The highest BCUT2D eigenvalue weighted by molar-refractivity contribution is 6.13. The Bertz CT molecular complexity index is 1990. The van der Waals surface area contributed by atoms with E-state index < -0.39 is 29.4 Å². The van der Waals surface area contributed by atoms with Gasteiger partial charge in [-0.2, -0.15) is 0 Å². The predicted molar refractivity (Wildman–Crippen MR) is 194 cm³/mol. The summed E-state index contributed by atoms with van der Waals surface area (Å²) in [5.74, 6) is -0.808. The summed E-state index contributed by atoms with van der Waals surface area (Å²) < 4.78 is 32.1. The third-order valence-corrected chi connectivity index (χ3v) is 8.04. The maximum absolute atomic E-state index is 13.7. The number of nitrogens with one attached hydrogen (secondary N) is 1. The number of ketones is 1. The molecule has 0 radical (unpaired) electrons. The lowest BCUT2D eigenvalue weighted by Gasteiger charge is -2.24. The summed E-state index contributed by atoms with van der Waals surface area (Å²) in [5.41, 5.74) is 1.06. The molecule has 0 spiro atoms. The summed E-state index contributed by atoms with van der Waals surface area (Å²) in [5, 5.41) is 3.27. The lowest BCUT2D eigenvalue weighted by molar-refractivity contribution is -0.138. The molecule has 0 aromatic heterocycles. The van der Waals surface area contributed by atoms with E-state index in [1.54, 1.807) is 91.9 Å². The minimum atomic E-state index is -1.13. The summed E-state index contributed by atoms with van der Waals surface area (Å²) in [7, 11) is 0. The molecule has 0 aliphatic carbocycles. The maximum Gasteiger partial charge on any atom is 0.343 e. The SMILES string of the molecule is C=CC(=O)OCCCOc1ccc(C(=O)Oc2ccc(C3(C)Nc4ccc(OC(=O)c5ccc(OCCCOC(=O)C=C)cc5)cc4C3=O)cc2)cc1. The van der Waals surface area contributed by atoms with Crippen molar-refractivity contribution in [3.8, 4) is 23.0 Å². The second kappa shape index (κ2) is 17.5. The Hall–Kier alpha value is -6.69. The topological polar surface area (TPSA) is 153 Å². The standard InChI is InChI=1S/C41H37NO11/c1-4-36(43)50-24-6-22-48-30-14-8-27(9-15-30)39(46)52-32-18-12-29(13-19-32)41(3)38(45)34-26-33(20-21-35(34)42-41)53-40(47)28-10-16-31(17-11-28)49-23-7-25-51-37(44)5-2/h4-5,8-21,26,42H,1-2,6-7,22-25H2,3H3. The van der Waals surface area contributed by atoms with Gasteiger partial charge < -0.3 is 33.7 Å². The van der Waals surface area contributed by atoms with E-state index in [0.717, 1.165) is 12.2 Å². The van der Waals surface area contributed by atoms with Crippen LogP contribution in [0.3, 0.4) is 0 Å². The van der Waals surface area contributed by atoms with Gasteiger partial charge in [-0.1, -0.05) is 25.3 Å². The fraction of sp³-hybridized carbons (Fsp3) is 0.195. The Labute approximate surface area is 305 Å². The second-order valence-corrected chi connectivity index (χ2v) is 11.8. The summed E-state index contributed by atoms with van der Waals surface area (Å²) >= 11 is 0. The Morgan fingerprint density at radius 2 is 1.08 bits per heavy atom. The highest BCUT2D eigenvalue weighted by Crippen LogP contribution is 2.41. The van der Waals surface area contributed by atoms with Crippen molar-refractivity contribution >= 4 is 35.3 Å². The minimum Gasteiger partial charge on any atom is -0.493 e. The van der Waals surface area contributed by atoms with Crippen molar-refractivity contribution in [2.75, 3.05) is 31.7 Å². The van der Waals surface area contributed by atoms with Crippen molar-refractivity contribution in [2.45, 2.75) is 25.3 Å². The zero-order valence-electron chi connectivity index (χ0n) is 29.0. The van der Waals surface area contributed by atoms with Crippen LogP contribution in [0.4, 0.5) is 5.69 Å². The van der Waals surface area contributed by atoms with E-state index in [9.17, 15) is 24.0 Å². The molecular weight excluding hydrogens is 682 g/mol. The number of carbonyl (C=O) groups is 5. The Morgan fingerprint density at radius 3 is 1.57 bits per heavy atom. The van der Waals surface area contributed by atoms with Crippen LogP contribution in [0.15, 0.2) is 116 Å². The summed E-state index contributed by atoms with van der Waals surface area (Å²) in [4.78, 5) is 61.5. The molecule has 4 aromatic rings. The number of hydrogen-bond donors (Lipinski definition) is 1. The minimum absolute atomic E-state index is 0.202. The van der Waals surface area contributed by atoms with Crippen LogP contribution in [-0.4, -0.2) is 56.1 Å². The van der Waals surface area contributed by atoms with Gasteiger partial charge >= 0.3 is 23.9 Å².